The molecule has 1 fully saturated rings. The Morgan fingerprint density at radius 2 is 1.75 bits per heavy atom. The molecule has 0 aromatic heterocycles. The van der Waals surface area contributed by atoms with Crippen LogP contribution < -0.4 is 5.32 Å². The van der Waals surface area contributed by atoms with Gasteiger partial charge in [0.2, 0.25) is 11.8 Å². The van der Waals surface area contributed by atoms with Crippen LogP contribution in [0, 0.1) is 17.8 Å². The van der Waals surface area contributed by atoms with Crippen LogP contribution >= 0.6 is 0 Å². The number of piperidine rings is 1. The van der Waals surface area contributed by atoms with E-state index in [1.54, 1.807) is 0 Å². The van der Waals surface area contributed by atoms with E-state index in [-0.39, 0.29) is 42.2 Å². The van der Waals surface area contributed by atoms with Gasteiger partial charge in [0.15, 0.2) is 0 Å². The van der Waals surface area contributed by atoms with Gasteiger partial charge in [0.1, 0.15) is 0 Å². The van der Waals surface area contributed by atoms with Gasteiger partial charge >= 0.3 is 0 Å². The van der Waals surface area contributed by atoms with Gasteiger partial charge in [-0.2, -0.15) is 0 Å². The number of carbonyl (C=O) groups excluding carboxylic acids is 2. The summed E-state index contributed by atoms with van der Waals surface area (Å²) in [7, 11) is 0. The number of likely N-dealkylation sites (tertiary alicyclic amines) is 1. The van der Waals surface area contributed by atoms with E-state index in [1.807, 2.05) is 32.6 Å². The summed E-state index contributed by atoms with van der Waals surface area (Å²) in [6, 6.07) is -0.183. The van der Waals surface area contributed by atoms with Crippen LogP contribution in [-0.4, -0.2) is 47.6 Å². The van der Waals surface area contributed by atoms with E-state index in [0.717, 1.165) is 0 Å². The molecule has 116 valence electrons. The molecule has 0 aliphatic carbocycles. The molecule has 0 saturated carbocycles. The van der Waals surface area contributed by atoms with Crippen LogP contribution in [-0.2, 0) is 9.59 Å². The van der Waals surface area contributed by atoms with Crippen molar-refractivity contribution in [3.8, 4) is 0 Å². The molecule has 5 nitrogen and oxygen atoms in total. The highest BCUT2D eigenvalue weighted by Crippen LogP contribution is 2.19. The van der Waals surface area contributed by atoms with Crippen molar-refractivity contribution in [1.29, 1.82) is 0 Å². The number of aliphatic hydroxyl groups is 1. The second-order valence-corrected chi connectivity index (χ2v) is 6.30. The number of rotatable bonds is 5. The molecule has 0 bridgehead atoms. The number of hydrogen-bond donors (Lipinski definition) is 2. The maximum absolute atomic E-state index is 12.2. The van der Waals surface area contributed by atoms with Gasteiger partial charge in [-0.05, 0) is 18.8 Å². The van der Waals surface area contributed by atoms with Crippen molar-refractivity contribution < 1.29 is 14.7 Å². The molecule has 2 N–H and O–H groups in total. The van der Waals surface area contributed by atoms with Crippen molar-refractivity contribution in [1.82, 2.24) is 10.2 Å². The number of nitrogens with zero attached hydrogens (tertiary/aromatic N) is 1. The first kappa shape index (κ1) is 17.0. The number of amides is 2. The fraction of sp³-hybridized carbons (Fsp3) is 0.867. The minimum atomic E-state index is -0.183. The van der Waals surface area contributed by atoms with Gasteiger partial charge in [0.25, 0.3) is 0 Å². The summed E-state index contributed by atoms with van der Waals surface area (Å²) >= 11 is 0. The summed E-state index contributed by atoms with van der Waals surface area (Å²) in [5, 5.41) is 12.2. The van der Waals surface area contributed by atoms with Crippen molar-refractivity contribution in [2.75, 3.05) is 19.7 Å². The molecule has 1 heterocycles. The van der Waals surface area contributed by atoms with Gasteiger partial charge < -0.3 is 15.3 Å². The largest absolute Gasteiger partial charge is 0.394 e. The molecular weight excluding hydrogens is 256 g/mol. The molecule has 0 aromatic rings. The van der Waals surface area contributed by atoms with Crippen LogP contribution in [0.3, 0.4) is 0 Å². The Labute approximate surface area is 121 Å². The standard InChI is InChI=1S/C15H28N2O3/c1-10(2)13(9-18)16-14(19)12-5-7-17(8-6-12)15(20)11(3)4/h10-13,18H,5-9H2,1-4H3,(H,16,19)/t13-/m1/s1. The van der Waals surface area contributed by atoms with E-state index in [9.17, 15) is 14.7 Å². The molecule has 20 heavy (non-hydrogen) atoms. The molecule has 0 aromatic carbocycles. The van der Waals surface area contributed by atoms with Crippen LogP contribution in [0.4, 0.5) is 0 Å². The Morgan fingerprint density at radius 1 is 1.20 bits per heavy atom. The van der Waals surface area contributed by atoms with E-state index < -0.39 is 0 Å². The van der Waals surface area contributed by atoms with Crippen LogP contribution in [0.5, 0.6) is 0 Å². The molecule has 0 unspecified atom stereocenters. The summed E-state index contributed by atoms with van der Waals surface area (Å²) in [6.07, 6.45) is 1.42. The minimum Gasteiger partial charge on any atom is -0.394 e. The quantitative estimate of drug-likeness (QED) is 0.792. The summed E-state index contributed by atoms with van der Waals surface area (Å²) < 4.78 is 0. The molecule has 1 saturated heterocycles. The highest BCUT2D eigenvalue weighted by atomic mass is 16.3. The van der Waals surface area contributed by atoms with Crippen molar-refractivity contribution in [3.63, 3.8) is 0 Å². The van der Waals surface area contributed by atoms with Crippen LogP contribution in [0.2, 0.25) is 0 Å². The van der Waals surface area contributed by atoms with Crippen molar-refractivity contribution in [3.05, 3.63) is 0 Å². The Kier molecular flexibility index (Phi) is 6.46. The van der Waals surface area contributed by atoms with Gasteiger partial charge in [0.05, 0.1) is 12.6 Å². The van der Waals surface area contributed by atoms with Gasteiger partial charge in [-0.1, -0.05) is 27.7 Å². The molecule has 0 spiro atoms. The Balaban J connectivity index is 2.45. The van der Waals surface area contributed by atoms with E-state index in [2.05, 4.69) is 5.32 Å². The Hall–Kier alpha value is -1.10. The number of aliphatic hydroxyl groups excluding tert-OH is 1. The lowest BCUT2D eigenvalue weighted by Crippen LogP contribution is -2.48. The topological polar surface area (TPSA) is 69.6 Å². The van der Waals surface area contributed by atoms with Gasteiger partial charge in [-0.25, -0.2) is 0 Å². The van der Waals surface area contributed by atoms with Gasteiger partial charge in [0, 0.05) is 24.9 Å². The van der Waals surface area contributed by atoms with Crippen LogP contribution in [0.25, 0.3) is 0 Å². The highest BCUT2D eigenvalue weighted by Gasteiger charge is 2.29. The number of nitrogens with one attached hydrogen (secondary N) is 1. The average Bonchev–Trinajstić information content (AvgIpc) is 2.43. The Morgan fingerprint density at radius 3 is 2.15 bits per heavy atom. The second kappa shape index (κ2) is 7.62. The first-order valence-electron chi connectivity index (χ1n) is 7.56. The third kappa shape index (κ3) is 4.47. The summed E-state index contributed by atoms with van der Waals surface area (Å²) in [5.74, 6) is 0.360. The lowest BCUT2D eigenvalue weighted by atomic mass is 9.94. The molecule has 1 aliphatic heterocycles. The molecule has 0 radical (unpaired) electrons. The van der Waals surface area contributed by atoms with Crippen LogP contribution in [0.1, 0.15) is 40.5 Å². The van der Waals surface area contributed by atoms with Crippen molar-refractivity contribution >= 4 is 11.8 Å². The fourth-order valence-electron chi connectivity index (χ4n) is 2.45. The van der Waals surface area contributed by atoms with E-state index in [0.29, 0.717) is 25.9 Å². The zero-order valence-corrected chi connectivity index (χ0v) is 13.1. The van der Waals surface area contributed by atoms with E-state index >= 15 is 0 Å². The molecule has 1 atom stereocenters. The summed E-state index contributed by atoms with van der Waals surface area (Å²) in [5.41, 5.74) is 0. The number of hydrogen-bond acceptors (Lipinski definition) is 3. The molecule has 5 heteroatoms. The van der Waals surface area contributed by atoms with E-state index in [1.165, 1.54) is 0 Å². The lowest BCUT2D eigenvalue weighted by Gasteiger charge is -2.33. The van der Waals surface area contributed by atoms with Crippen molar-refractivity contribution in [2.45, 2.75) is 46.6 Å². The zero-order valence-electron chi connectivity index (χ0n) is 13.1. The minimum absolute atomic E-state index is 0.00870. The first-order chi connectivity index (χ1) is 9.36. The highest BCUT2D eigenvalue weighted by molar-refractivity contribution is 5.81. The predicted octanol–water partition coefficient (Wildman–Crippen LogP) is 1.01. The predicted molar refractivity (Wildman–Crippen MR) is 78.0 cm³/mol. The smallest absolute Gasteiger partial charge is 0.225 e. The lowest BCUT2D eigenvalue weighted by molar-refractivity contribution is -0.138. The molecule has 1 aliphatic rings. The SMILES string of the molecule is CC(C)C(=O)N1CCC(C(=O)N[C@H](CO)C(C)C)CC1. The fourth-order valence-corrected chi connectivity index (χ4v) is 2.45. The van der Waals surface area contributed by atoms with Crippen LogP contribution in [0.15, 0.2) is 0 Å². The zero-order chi connectivity index (χ0) is 15.3. The normalized spacial score (nSPS) is 18.4. The van der Waals surface area contributed by atoms with E-state index in [4.69, 9.17) is 0 Å². The summed E-state index contributed by atoms with van der Waals surface area (Å²) in [6.45, 7) is 9.02. The third-order valence-electron chi connectivity index (χ3n) is 4.00. The Bertz CT molecular complexity index is 334. The van der Waals surface area contributed by atoms with Gasteiger partial charge in [-0.3, -0.25) is 9.59 Å². The number of carbonyl (C=O) groups is 2. The maximum Gasteiger partial charge on any atom is 0.225 e. The molecular formula is C15H28N2O3. The third-order valence-corrected chi connectivity index (χ3v) is 4.00. The second-order valence-electron chi connectivity index (χ2n) is 6.30. The monoisotopic (exact) mass is 284 g/mol. The molecule has 2 amide bonds. The maximum atomic E-state index is 12.2. The average molecular weight is 284 g/mol. The van der Waals surface area contributed by atoms with Crippen molar-refractivity contribution in [2.24, 2.45) is 17.8 Å². The first-order valence-corrected chi connectivity index (χ1v) is 7.56. The summed E-state index contributed by atoms with van der Waals surface area (Å²) in [4.78, 5) is 25.9. The van der Waals surface area contributed by atoms with Gasteiger partial charge in [-0.15, -0.1) is 0 Å². The molecule has 1 rings (SSSR count).